The highest BCUT2D eigenvalue weighted by molar-refractivity contribution is 7.80. The highest BCUT2D eigenvalue weighted by Crippen LogP contribution is 2.29. The number of nitrogens with zero attached hydrogens (tertiary/aromatic N) is 1. The molecule has 0 spiro atoms. The fourth-order valence-corrected chi connectivity index (χ4v) is 4.03. The molecule has 0 aliphatic carbocycles. The van der Waals surface area contributed by atoms with Crippen molar-refractivity contribution >= 4 is 34.2 Å². The molecule has 0 fully saturated rings. The molecule has 6 nitrogen and oxygen atoms in total. The van der Waals surface area contributed by atoms with Crippen molar-refractivity contribution in [2.45, 2.75) is 33.2 Å². The van der Waals surface area contributed by atoms with Crippen LogP contribution in [0.5, 0.6) is 0 Å². The van der Waals surface area contributed by atoms with Crippen LogP contribution in [0.3, 0.4) is 0 Å². The van der Waals surface area contributed by atoms with Gasteiger partial charge in [-0.2, -0.15) is 0 Å². The van der Waals surface area contributed by atoms with Crippen LogP contribution in [-0.2, 0) is 22.5 Å². The van der Waals surface area contributed by atoms with E-state index in [4.69, 9.17) is 9.54 Å². The number of nitrogens with one attached hydrogen (secondary N) is 2. The van der Waals surface area contributed by atoms with Crippen LogP contribution in [0, 0.1) is 5.41 Å². The smallest absolute Gasteiger partial charge is 0.259 e. The fourth-order valence-electron chi connectivity index (χ4n) is 2.81. The van der Waals surface area contributed by atoms with Crippen LogP contribution in [0.25, 0.3) is 11.3 Å². The molecule has 8 heteroatoms. The van der Waals surface area contributed by atoms with Crippen molar-refractivity contribution in [1.29, 1.82) is 0 Å². The van der Waals surface area contributed by atoms with E-state index >= 15 is 0 Å². The summed E-state index contributed by atoms with van der Waals surface area (Å²) in [5, 5.41) is 5.98. The summed E-state index contributed by atoms with van der Waals surface area (Å²) in [6, 6.07) is 16.9. The van der Waals surface area contributed by atoms with Gasteiger partial charge in [0.05, 0.1) is 11.7 Å². The first kappa shape index (κ1) is 22.1. The summed E-state index contributed by atoms with van der Waals surface area (Å²) < 4.78 is 22.3. The number of carbonyl (C=O) groups is 1. The van der Waals surface area contributed by atoms with Crippen molar-refractivity contribution < 1.29 is 13.6 Å². The maximum atomic E-state index is 12.7. The Morgan fingerprint density at radius 1 is 1.13 bits per heavy atom. The molecule has 30 heavy (non-hydrogen) atoms. The maximum absolute atomic E-state index is 12.7. The maximum Gasteiger partial charge on any atom is 0.259 e. The fraction of sp³-hybridized carbons (Fsp3) is 0.273. The van der Waals surface area contributed by atoms with Gasteiger partial charge in [0.1, 0.15) is 5.01 Å². The molecule has 3 N–H and O–H groups in total. The Morgan fingerprint density at radius 2 is 1.80 bits per heavy atom. The molecule has 0 aliphatic rings. The standard InChI is InChI=1S/C22H25N3O3S2/c1-22(2,3)21(26)24-18(13-15-9-11-17(12-10-15)25-30(27)28)20-23-19(14-29-20)16-7-5-4-6-8-16/h4-12,14,18,25H,13H2,1-3H3,(H,24,26)(H,27,28)/t18-/m0/s1. The monoisotopic (exact) mass is 443 g/mol. The zero-order valence-electron chi connectivity index (χ0n) is 17.1. The predicted octanol–water partition coefficient (Wildman–Crippen LogP) is 4.80. The molecular weight excluding hydrogens is 418 g/mol. The third-order valence-corrected chi connectivity index (χ3v) is 5.84. The normalized spacial score (nSPS) is 13.5. The van der Waals surface area contributed by atoms with Crippen LogP contribution in [0.4, 0.5) is 5.69 Å². The van der Waals surface area contributed by atoms with Crippen molar-refractivity contribution in [2.75, 3.05) is 4.72 Å². The average molecular weight is 444 g/mol. The zero-order valence-corrected chi connectivity index (χ0v) is 18.7. The largest absolute Gasteiger partial charge is 0.346 e. The molecule has 3 aromatic rings. The van der Waals surface area contributed by atoms with E-state index < -0.39 is 16.7 Å². The number of rotatable bonds is 7. The van der Waals surface area contributed by atoms with Gasteiger partial charge in [0, 0.05) is 22.0 Å². The first-order valence-corrected chi connectivity index (χ1v) is 11.5. The third kappa shape index (κ3) is 5.98. The van der Waals surface area contributed by atoms with E-state index in [0.29, 0.717) is 12.1 Å². The molecular formula is C22H25N3O3S2. The van der Waals surface area contributed by atoms with Crippen LogP contribution in [0.2, 0.25) is 0 Å². The zero-order chi connectivity index (χ0) is 21.7. The summed E-state index contributed by atoms with van der Waals surface area (Å²) in [5.74, 6) is -0.0436. The topological polar surface area (TPSA) is 91.3 Å². The van der Waals surface area contributed by atoms with Gasteiger partial charge >= 0.3 is 0 Å². The average Bonchev–Trinajstić information content (AvgIpc) is 3.18. The summed E-state index contributed by atoms with van der Waals surface area (Å²) in [4.78, 5) is 17.5. The Hall–Kier alpha value is -2.55. The van der Waals surface area contributed by atoms with Crippen molar-refractivity contribution in [3.63, 3.8) is 0 Å². The Morgan fingerprint density at radius 3 is 2.40 bits per heavy atom. The van der Waals surface area contributed by atoms with Crippen molar-refractivity contribution in [1.82, 2.24) is 10.3 Å². The number of thiazole rings is 1. The Balaban J connectivity index is 1.84. The quantitative estimate of drug-likeness (QED) is 0.457. The second-order valence-electron chi connectivity index (χ2n) is 7.97. The molecule has 3 rings (SSSR count). The van der Waals surface area contributed by atoms with Gasteiger partial charge in [-0.1, -0.05) is 63.2 Å². The van der Waals surface area contributed by atoms with E-state index in [-0.39, 0.29) is 11.9 Å². The highest BCUT2D eigenvalue weighted by Gasteiger charge is 2.26. The molecule has 0 saturated heterocycles. The van der Waals surface area contributed by atoms with Gasteiger partial charge in [0.2, 0.25) is 5.91 Å². The van der Waals surface area contributed by atoms with E-state index in [2.05, 4.69) is 10.0 Å². The minimum atomic E-state index is -2.11. The van der Waals surface area contributed by atoms with E-state index in [9.17, 15) is 9.00 Å². The number of anilines is 1. The second-order valence-corrected chi connectivity index (χ2v) is 9.56. The summed E-state index contributed by atoms with van der Waals surface area (Å²) in [6.45, 7) is 5.64. The van der Waals surface area contributed by atoms with Gasteiger partial charge in [0.25, 0.3) is 11.3 Å². The molecule has 0 radical (unpaired) electrons. The summed E-state index contributed by atoms with van der Waals surface area (Å²) >= 11 is -0.588. The van der Waals surface area contributed by atoms with Gasteiger partial charge in [0.15, 0.2) is 0 Å². The lowest BCUT2D eigenvalue weighted by Crippen LogP contribution is -2.38. The number of benzene rings is 2. The minimum absolute atomic E-state index is 0.0436. The Bertz CT molecular complexity index is 1010. The molecule has 1 aromatic heterocycles. The molecule has 158 valence electrons. The van der Waals surface area contributed by atoms with Gasteiger partial charge < -0.3 is 5.32 Å². The number of carbonyl (C=O) groups excluding carboxylic acids is 1. The van der Waals surface area contributed by atoms with E-state index in [1.807, 2.05) is 68.6 Å². The minimum Gasteiger partial charge on any atom is -0.346 e. The van der Waals surface area contributed by atoms with Crippen LogP contribution in [0.1, 0.15) is 37.4 Å². The van der Waals surface area contributed by atoms with Gasteiger partial charge in [-0.15, -0.1) is 11.3 Å². The lowest BCUT2D eigenvalue weighted by Gasteiger charge is -2.23. The van der Waals surface area contributed by atoms with Crippen LogP contribution < -0.4 is 10.0 Å². The molecule has 0 saturated carbocycles. The molecule has 1 heterocycles. The van der Waals surface area contributed by atoms with Crippen molar-refractivity contribution in [3.05, 3.63) is 70.5 Å². The summed E-state index contributed by atoms with van der Waals surface area (Å²) in [7, 11) is 0. The van der Waals surface area contributed by atoms with Gasteiger partial charge in [-0.05, 0) is 24.1 Å². The SMILES string of the molecule is CC(C)(C)C(=O)N[C@@H](Cc1ccc(NS(=O)O)cc1)c1nc(-c2ccccc2)cs1. The van der Waals surface area contributed by atoms with Crippen LogP contribution in [-0.4, -0.2) is 19.7 Å². The van der Waals surface area contributed by atoms with Crippen LogP contribution in [0.15, 0.2) is 60.0 Å². The summed E-state index contributed by atoms with van der Waals surface area (Å²) in [6.07, 6.45) is 0.562. The van der Waals surface area contributed by atoms with E-state index in [0.717, 1.165) is 21.8 Å². The molecule has 0 aliphatic heterocycles. The van der Waals surface area contributed by atoms with Gasteiger partial charge in [-0.25, -0.2) is 9.19 Å². The van der Waals surface area contributed by atoms with E-state index in [1.165, 1.54) is 11.3 Å². The van der Waals surface area contributed by atoms with Crippen molar-refractivity contribution in [3.8, 4) is 11.3 Å². The lowest BCUT2D eigenvalue weighted by molar-refractivity contribution is -0.129. The van der Waals surface area contributed by atoms with Crippen LogP contribution >= 0.6 is 11.3 Å². The number of amides is 1. The molecule has 0 bridgehead atoms. The third-order valence-electron chi connectivity index (χ3n) is 4.48. The molecule has 2 atom stereocenters. The molecule has 1 amide bonds. The number of hydrogen-bond donors (Lipinski definition) is 3. The number of aromatic nitrogens is 1. The second kappa shape index (κ2) is 9.51. The Kier molecular flexibility index (Phi) is 7.02. The highest BCUT2D eigenvalue weighted by atomic mass is 32.2. The number of hydrogen-bond acceptors (Lipinski definition) is 4. The first-order valence-electron chi connectivity index (χ1n) is 9.50. The summed E-state index contributed by atoms with van der Waals surface area (Å²) in [5.41, 5.74) is 2.94. The predicted molar refractivity (Wildman–Crippen MR) is 122 cm³/mol. The van der Waals surface area contributed by atoms with Gasteiger partial charge in [-0.3, -0.25) is 14.1 Å². The van der Waals surface area contributed by atoms with E-state index in [1.54, 1.807) is 12.1 Å². The molecule has 2 aromatic carbocycles. The lowest BCUT2D eigenvalue weighted by atomic mass is 9.94. The molecule has 1 unspecified atom stereocenters. The Labute approximate surface area is 183 Å². The van der Waals surface area contributed by atoms with Crippen molar-refractivity contribution in [2.24, 2.45) is 5.41 Å². The first-order chi connectivity index (χ1) is 14.2.